The van der Waals surface area contributed by atoms with E-state index in [1.54, 1.807) is 24.3 Å². The van der Waals surface area contributed by atoms with Gasteiger partial charge in [-0.2, -0.15) is 0 Å². The molecule has 1 N–H and O–H groups in total. The lowest BCUT2D eigenvalue weighted by Crippen LogP contribution is -2.25. The largest absolute Gasteiger partial charge is 0.326 e. The highest BCUT2D eigenvalue weighted by atomic mass is 32.2. The van der Waals surface area contributed by atoms with Crippen LogP contribution < -0.4 is 9.62 Å². The van der Waals surface area contributed by atoms with Gasteiger partial charge in [-0.15, -0.1) is 0 Å². The van der Waals surface area contributed by atoms with E-state index in [1.165, 1.54) is 11.4 Å². The van der Waals surface area contributed by atoms with Crippen LogP contribution in [0.5, 0.6) is 0 Å². The normalized spacial score (nSPS) is 11.2. The van der Waals surface area contributed by atoms with Gasteiger partial charge in [0.1, 0.15) is 0 Å². The van der Waals surface area contributed by atoms with Crippen molar-refractivity contribution in [3.63, 3.8) is 0 Å². The molecule has 128 valence electrons. The second-order valence-electron chi connectivity index (χ2n) is 5.94. The van der Waals surface area contributed by atoms with Crippen molar-refractivity contribution in [2.75, 3.05) is 22.9 Å². The number of benzene rings is 2. The fourth-order valence-electron chi connectivity index (χ4n) is 2.34. The van der Waals surface area contributed by atoms with Crippen LogP contribution in [0.4, 0.5) is 11.4 Å². The Morgan fingerprint density at radius 2 is 1.83 bits per heavy atom. The van der Waals surface area contributed by atoms with Crippen LogP contribution in [-0.2, 0) is 21.2 Å². The molecular formula is C18H22N2O3S. The van der Waals surface area contributed by atoms with Crippen molar-refractivity contribution in [1.82, 2.24) is 0 Å². The van der Waals surface area contributed by atoms with Gasteiger partial charge in [0.15, 0.2) is 0 Å². The number of amides is 1. The van der Waals surface area contributed by atoms with Crippen molar-refractivity contribution >= 4 is 27.3 Å². The standard InChI is InChI=1S/C18H22N2O3S/c1-13-8-9-14(2)15(10-13)11-18(21)19-16-6-5-7-17(12-16)20(3)24(4,22)23/h5-10,12H,11H2,1-4H3,(H,19,21). The van der Waals surface area contributed by atoms with Crippen molar-refractivity contribution < 1.29 is 13.2 Å². The van der Waals surface area contributed by atoms with Crippen molar-refractivity contribution in [3.8, 4) is 0 Å². The highest BCUT2D eigenvalue weighted by molar-refractivity contribution is 7.92. The molecule has 0 unspecified atom stereocenters. The number of sulfonamides is 1. The number of anilines is 2. The quantitative estimate of drug-likeness (QED) is 0.905. The summed E-state index contributed by atoms with van der Waals surface area (Å²) >= 11 is 0. The van der Waals surface area contributed by atoms with Crippen LogP contribution in [0.1, 0.15) is 16.7 Å². The van der Waals surface area contributed by atoms with Gasteiger partial charge in [-0.05, 0) is 43.2 Å². The molecule has 6 heteroatoms. The van der Waals surface area contributed by atoms with Crippen molar-refractivity contribution in [2.45, 2.75) is 20.3 Å². The minimum absolute atomic E-state index is 0.136. The van der Waals surface area contributed by atoms with Crippen LogP contribution in [0.15, 0.2) is 42.5 Å². The Morgan fingerprint density at radius 1 is 1.12 bits per heavy atom. The van der Waals surface area contributed by atoms with E-state index in [9.17, 15) is 13.2 Å². The third kappa shape index (κ3) is 4.58. The summed E-state index contributed by atoms with van der Waals surface area (Å²) in [5, 5.41) is 2.82. The summed E-state index contributed by atoms with van der Waals surface area (Å²) in [7, 11) is -1.86. The van der Waals surface area contributed by atoms with E-state index >= 15 is 0 Å². The third-order valence-corrected chi connectivity index (χ3v) is 5.05. The summed E-state index contributed by atoms with van der Waals surface area (Å²) in [6, 6.07) is 12.8. The third-order valence-electron chi connectivity index (χ3n) is 3.85. The lowest BCUT2D eigenvalue weighted by molar-refractivity contribution is -0.115. The molecule has 0 atom stereocenters. The Labute approximate surface area is 143 Å². The van der Waals surface area contributed by atoms with E-state index in [2.05, 4.69) is 5.32 Å². The Bertz CT molecular complexity index is 860. The summed E-state index contributed by atoms with van der Waals surface area (Å²) in [4.78, 5) is 12.3. The second kappa shape index (κ2) is 7.05. The van der Waals surface area contributed by atoms with Gasteiger partial charge >= 0.3 is 0 Å². The van der Waals surface area contributed by atoms with Crippen LogP contribution in [0.25, 0.3) is 0 Å². The molecule has 2 aromatic carbocycles. The predicted octanol–water partition coefficient (Wildman–Crippen LogP) is 2.88. The van der Waals surface area contributed by atoms with Gasteiger partial charge < -0.3 is 5.32 Å². The highest BCUT2D eigenvalue weighted by Crippen LogP contribution is 2.21. The summed E-state index contributed by atoms with van der Waals surface area (Å²) in [5.74, 6) is -0.136. The molecule has 0 radical (unpaired) electrons. The predicted molar refractivity (Wildman–Crippen MR) is 97.9 cm³/mol. The molecule has 0 aliphatic rings. The molecular weight excluding hydrogens is 324 g/mol. The van der Waals surface area contributed by atoms with E-state index in [1.807, 2.05) is 32.0 Å². The Kier molecular flexibility index (Phi) is 5.29. The molecule has 0 saturated carbocycles. The topological polar surface area (TPSA) is 66.5 Å². The van der Waals surface area contributed by atoms with Gasteiger partial charge in [0.2, 0.25) is 15.9 Å². The number of rotatable bonds is 5. The first kappa shape index (κ1) is 18.0. The first-order chi connectivity index (χ1) is 11.2. The molecule has 0 aliphatic heterocycles. The van der Waals surface area contributed by atoms with Gasteiger partial charge in [0.05, 0.1) is 18.4 Å². The zero-order valence-electron chi connectivity index (χ0n) is 14.3. The Morgan fingerprint density at radius 3 is 2.50 bits per heavy atom. The van der Waals surface area contributed by atoms with Gasteiger partial charge in [-0.1, -0.05) is 29.8 Å². The molecule has 0 aliphatic carbocycles. The molecule has 24 heavy (non-hydrogen) atoms. The number of nitrogens with zero attached hydrogens (tertiary/aromatic N) is 1. The lowest BCUT2D eigenvalue weighted by Gasteiger charge is -2.17. The fraction of sp³-hybridized carbons (Fsp3) is 0.278. The molecule has 0 aromatic heterocycles. The van der Waals surface area contributed by atoms with Crippen LogP contribution >= 0.6 is 0 Å². The van der Waals surface area contributed by atoms with Gasteiger partial charge in [-0.3, -0.25) is 9.10 Å². The van der Waals surface area contributed by atoms with E-state index in [0.717, 1.165) is 22.9 Å². The molecule has 2 aromatic rings. The van der Waals surface area contributed by atoms with E-state index in [-0.39, 0.29) is 12.3 Å². The van der Waals surface area contributed by atoms with Crippen LogP contribution in [0.2, 0.25) is 0 Å². The molecule has 0 heterocycles. The first-order valence-electron chi connectivity index (χ1n) is 7.57. The fourth-order valence-corrected chi connectivity index (χ4v) is 2.84. The molecule has 2 rings (SSSR count). The van der Waals surface area contributed by atoms with Crippen LogP contribution in [0, 0.1) is 13.8 Å². The van der Waals surface area contributed by atoms with Crippen LogP contribution in [-0.4, -0.2) is 27.6 Å². The van der Waals surface area contributed by atoms with Gasteiger partial charge in [0.25, 0.3) is 0 Å². The maximum atomic E-state index is 12.3. The minimum atomic E-state index is -3.34. The number of hydrogen-bond donors (Lipinski definition) is 1. The summed E-state index contributed by atoms with van der Waals surface area (Å²) in [6.07, 6.45) is 1.42. The lowest BCUT2D eigenvalue weighted by atomic mass is 10.0. The van der Waals surface area contributed by atoms with Crippen molar-refractivity contribution in [2.24, 2.45) is 0 Å². The second-order valence-corrected chi connectivity index (χ2v) is 7.95. The van der Waals surface area contributed by atoms with Gasteiger partial charge in [0, 0.05) is 12.7 Å². The maximum Gasteiger partial charge on any atom is 0.231 e. The van der Waals surface area contributed by atoms with E-state index in [0.29, 0.717) is 11.4 Å². The number of carbonyl (C=O) groups is 1. The molecule has 0 saturated heterocycles. The zero-order valence-corrected chi connectivity index (χ0v) is 15.1. The monoisotopic (exact) mass is 346 g/mol. The maximum absolute atomic E-state index is 12.3. The average Bonchev–Trinajstić information content (AvgIpc) is 2.49. The number of hydrogen-bond acceptors (Lipinski definition) is 3. The number of nitrogens with one attached hydrogen (secondary N) is 1. The summed E-state index contributed by atoms with van der Waals surface area (Å²) in [6.45, 7) is 3.97. The van der Waals surface area contributed by atoms with Gasteiger partial charge in [-0.25, -0.2) is 8.42 Å². The first-order valence-corrected chi connectivity index (χ1v) is 9.41. The summed E-state index contributed by atoms with van der Waals surface area (Å²) < 4.78 is 24.4. The van der Waals surface area contributed by atoms with Crippen molar-refractivity contribution in [3.05, 3.63) is 59.2 Å². The zero-order chi connectivity index (χ0) is 17.9. The van der Waals surface area contributed by atoms with E-state index in [4.69, 9.17) is 0 Å². The number of aryl methyl sites for hydroxylation is 2. The van der Waals surface area contributed by atoms with Crippen LogP contribution in [0.3, 0.4) is 0 Å². The SMILES string of the molecule is Cc1ccc(C)c(CC(=O)Nc2cccc(N(C)S(C)(=O)=O)c2)c1. The minimum Gasteiger partial charge on any atom is -0.326 e. The molecule has 0 fully saturated rings. The Balaban J connectivity index is 2.13. The molecule has 0 bridgehead atoms. The Hall–Kier alpha value is -2.34. The number of carbonyl (C=O) groups excluding carboxylic acids is 1. The molecule has 5 nitrogen and oxygen atoms in total. The van der Waals surface area contributed by atoms with Crippen molar-refractivity contribution in [1.29, 1.82) is 0 Å². The summed E-state index contributed by atoms with van der Waals surface area (Å²) in [5.41, 5.74) is 4.23. The average molecular weight is 346 g/mol. The smallest absolute Gasteiger partial charge is 0.231 e. The highest BCUT2D eigenvalue weighted by Gasteiger charge is 2.13. The molecule has 0 spiro atoms. The van der Waals surface area contributed by atoms with E-state index < -0.39 is 10.0 Å². The molecule has 1 amide bonds.